The number of rotatable bonds is 3. The molecule has 4 heterocycles. The Morgan fingerprint density at radius 3 is 2.82 bits per heavy atom. The third-order valence-corrected chi connectivity index (χ3v) is 8.28. The lowest BCUT2D eigenvalue weighted by molar-refractivity contribution is -0.0927. The quantitative estimate of drug-likeness (QED) is 0.695. The van der Waals surface area contributed by atoms with Crippen LogP contribution in [0.1, 0.15) is 39.6 Å². The van der Waals surface area contributed by atoms with E-state index in [1.54, 1.807) is 5.38 Å². The second kappa shape index (κ2) is 7.18. The van der Waals surface area contributed by atoms with Gasteiger partial charge in [0.2, 0.25) is 10.0 Å². The van der Waals surface area contributed by atoms with E-state index in [-0.39, 0.29) is 9.77 Å². The number of carbonyl (C=O) groups is 1. The molecule has 4 rings (SSSR count). The van der Waals surface area contributed by atoms with Crippen molar-refractivity contribution in [2.75, 3.05) is 26.8 Å². The molecule has 8 nitrogen and oxygen atoms in total. The number of fused-ring (bicyclic) bond motifs is 2. The number of hydrogen-bond donors (Lipinski definition) is 0. The highest BCUT2D eigenvalue weighted by molar-refractivity contribution is 7.89. The maximum absolute atomic E-state index is 13.1. The summed E-state index contributed by atoms with van der Waals surface area (Å²) in [5, 5.41) is 1.59. The summed E-state index contributed by atoms with van der Waals surface area (Å²) in [5.41, 5.74) is 1.38. The number of piperidine rings is 1. The molecule has 0 aliphatic carbocycles. The first-order chi connectivity index (χ1) is 13.4. The molecule has 1 saturated heterocycles. The van der Waals surface area contributed by atoms with Crippen LogP contribution in [0.25, 0.3) is 0 Å². The van der Waals surface area contributed by atoms with Crippen molar-refractivity contribution in [3.05, 3.63) is 39.6 Å². The lowest BCUT2D eigenvalue weighted by atomic mass is 9.84. The first kappa shape index (κ1) is 19.4. The topological polar surface area (TPSA) is 98.7 Å². The number of esters is 1. The van der Waals surface area contributed by atoms with Crippen LogP contribution < -0.4 is 0 Å². The summed E-state index contributed by atoms with van der Waals surface area (Å²) in [6.07, 6.45) is 3.62. The van der Waals surface area contributed by atoms with Gasteiger partial charge in [-0.15, -0.1) is 11.3 Å². The molecule has 1 fully saturated rings. The van der Waals surface area contributed by atoms with E-state index in [2.05, 4.69) is 9.97 Å². The Hall–Kier alpha value is -1.88. The summed E-state index contributed by atoms with van der Waals surface area (Å²) in [6.45, 7) is 3.00. The number of nitrogens with zero attached hydrogens (tertiary/aromatic N) is 3. The van der Waals surface area contributed by atoms with Gasteiger partial charge < -0.3 is 9.47 Å². The number of ether oxygens (including phenoxy) is 2. The molecule has 0 N–H and O–H groups in total. The van der Waals surface area contributed by atoms with Crippen molar-refractivity contribution < 1.29 is 22.7 Å². The standard InChI is InChI=1S/C18H21N3O5S2/c1-12-19-11-13-3-9-26-18(16(13)20-12)5-7-21(8-6-18)28(23,24)14-4-10-27-15(14)17(22)25-2/h4,10-11H,3,5-9H2,1-2H3. The molecule has 2 aromatic rings. The van der Waals surface area contributed by atoms with E-state index in [1.807, 2.05) is 13.1 Å². The summed E-state index contributed by atoms with van der Waals surface area (Å²) in [6, 6.07) is 1.46. The molecule has 0 unspecified atom stereocenters. The van der Waals surface area contributed by atoms with Crippen LogP contribution in [-0.2, 0) is 31.5 Å². The van der Waals surface area contributed by atoms with Gasteiger partial charge in [-0.3, -0.25) is 0 Å². The smallest absolute Gasteiger partial charge is 0.349 e. The van der Waals surface area contributed by atoms with Gasteiger partial charge in [0.25, 0.3) is 0 Å². The van der Waals surface area contributed by atoms with Crippen LogP contribution in [0, 0.1) is 6.92 Å². The fraction of sp³-hybridized carbons (Fsp3) is 0.500. The molecule has 2 aliphatic rings. The molecule has 0 atom stereocenters. The zero-order valence-electron chi connectivity index (χ0n) is 15.7. The number of aromatic nitrogens is 2. The second-order valence-corrected chi connectivity index (χ2v) is 9.72. The van der Waals surface area contributed by atoms with E-state index >= 15 is 0 Å². The van der Waals surface area contributed by atoms with Crippen LogP contribution >= 0.6 is 11.3 Å². The molecule has 2 aromatic heterocycles. The Balaban J connectivity index is 1.60. The van der Waals surface area contributed by atoms with E-state index in [1.165, 1.54) is 17.5 Å². The van der Waals surface area contributed by atoms with Gasteiger partial charge in [0.05, 0.1) is 19.4 Å². The van der Waals surface area contributed by atoms with Crippen LogP contribution in [0.4, 0.5) is 0 Å². The zero-order chi connectivity index (χ0) is 19.9. The van der Waals surface area contributed by atoms with Crippen LogP contribution in [-0.4, -0.2) is 55.5 Å². The van der Waals surface area contributed by atoms with Crippen molar-refractivity contribution in [1.82, 2.24) is 14.3 Å². The number of sulfonamides is 1. The van der Waals surface area contributed by atoms with Gasteiger partial charge in [-0.2, -0.15) is 4.31 Å². The molecule has 0 aromatic carbocycles. The van der Waals surface area contributed by atoms with Gasteiger partial charge in [-0.05, 0) is 43.2 Å². The summed E-state index contributed by atoms with van der Waals surface area (Å²) < 4.78 is 38.5. The summed E-state index contributed by atoms with van der Waals surface area (Å²) in [7, 11) is -2.55. The fourth-order valence-corrected chi connectivity index (χ4v) is 6.60. The molecular formula is C18H21N3O5S2. The molecule has 1 spiro atoms. The predicted octanol–water partition coefficient (Wildman–Crippen LogP) is 1.89. The molecule has 0 bridgehead atoms. The van der Waals surface area contributed by atoms with Crippen molar-refractivity contribution >= 4 is 27.3 Å². The monoisotopic (exact) mass is 423 g/mol. The predicted molar refractivity (Wildman–Crippen MR) is 102 cm³/mol. The molecule has 0 radical (unpaired) electrons. The first-order valence-corrected chi connectivity index (χ1v) is 11.3. The molecule has 10 heteroatoms. The minimum atomic E-state index is -3.79. The van der Waals surface area contributed by atoms with Gasteiger partial charge in [0, 0.05) is 19.3 Å². The average Bonchev–Trinajstić information content (AvgIpc) is 3.19. The minimum absolute atomic E-state index is 0.00318. The van der Waals surface area contributed by atoms with Gasteiger partial charge in [-0.1, -0.05) is 0 Å². The molecule has 150 valence electrons. The van der Waals surface area contributed by atoms with Gasteiger partial charge in [0.1, 0.15) is 21.2 Å². The number of thiophene rings is 1. The number of methoxy groups -OCH3 is 1. The van der Waals surface area contributed by atoms with E-state index in [0.717, 1.165) is 29.0 Å². The molecule has 28 heavy (non-hydrogen) atoms. The third kappa shape index (κ3) is 3.14. The first-order valence-electron chi connectivity index (χ1n) is 9.00. The zero-order valence-corrected chi connectivity index (χ0v) is 17.3. The van der Waals surface area contributed by atoms with Crippen molar-refractivity contribution in [2.24, 2.45) is 0 Å². The molecule has 0 saturated carbocycles. The Morgan fingerprint density at radius 1 is 1.36 bits per heavy atom. The minimum Gasteiger partial charge on any atom is -0.465 e. The second-order valence-electron chi connectivity index (χ2n) is 6.89. The third-order valence-electron chi connectivity index (χ3n) is 5.31. The molecular weight excluding hydrogens is 402 g/mol. The van der Waals surface area contributed by atoms with Crippen LogP contribution in [0.5, 0.6) is 0 Å². The SMILES string of the molecule is COC(=O)c1sccc1S(=O)(=O)N1CCC2(CC1)OCCc1cnc(C)nc12. The van der Waals surface area contributed by atoms with Gasteiger partial charge in [-0.25, -0.2) is 23.2 Å². The van der Waals surface area contributed by atoms with E-state index in [0.29, 0.717) is 38.4 Å². The number of aryl methyl sites for hydroxylation is 1. The highest BCUT2D eigenvalue weighted by Crippen LogP contribution is 2.41. The van der Waals surface area contributed by atoms with Crippen LogP contribution in [0.2, 0.25) is 0 Å². The maximum Gasteiger partial charge on any atom is 0.349 e. The Morgan fingerprint density at radius 2 is 2.11 bits per heavy atom. The largest absolute Gasteiger partial charge is 0.465 e. The number of hydrogen-bond acceptors (Lipinski definition) is 8. The lowest BCUT2D eigenvalue weighted by Gasteiger charge is -2.43. The Labute approximate surface area is 167 Å². The van der Waals surface area contributed by atoms with E-state index in [9.17, 15) is 13.2 Å². The fourth-order valence-electron chi connectivity index (χ4n) is 3.85. The molecule has 2 aliphatic heterocycles. The summed E-state index contributed by atoms with van der Waals surface area (Å²) >= 11 is 1.06. The summed E-state index contributed by atoms with van der Waals surface area (Å²) in [4.78, 5) is 20.9. The highest BCUT2D eigenvalue weighted by atomic mass is 32.2. The average molecular weight is 424 g/mol. The van der Waals surface area contributed by atoms with Crippen LogP contribution in [0.3, 0.4) is 0 Å². The van der Waals surface area contributed by atoms with Gasteiger partial charge >= 0.3 is 5.97 Å². The molecule has 0 amide bonds. The Bertz CT molecular complexity index is 1010. The highest BCUT2D eigenvalue weighted by Gasteiger charge is 2.45. The van der Waals surface area contributed by atoms with E-state index in [4.69, 9.17) is 9.47 Å². The van der Waals surface area contributed by atoms with Crippen molar-refractivity contribution in [1.29, 1.82) is 0 Å². The van der Waals surface area contributed by atoms with Crippen molar-refractivity contribution in [2.45, 2.75) is 36.7 Å². The van der Waals surface area contributed by atoms with Crippen LogP contribution in [0.15, 0.2) is 22.5 Å². The van der Waals surface area contributed by atoms with E-state index < -0.39 is 21.6 Å². The number of carbonyl (C=O) groups excluding carboxylic acids is 1. The van der Waals surface area contributed by atoms with Crippen molar-refractivity contribution in [3.63, 3.8) is 0 Å². The lowest BCUT2D eigenvalue weighted by Crippen LogP contribution is -2.49. The van der Waals surface area contributed by atoms with Crippen molar-refractivity contribution in [3.8, 4) is 0 Å². The Kier molecular flexibility index (Phi) is 4.98. The normalized spacial score (nSPS) is 19.4. The van der Waals surface area contributed by atoms with Gasteiger partial charge in [0.15, 0.2) is 0 Å². The summed E-state index contributed by atoms with van der Waals surface area (Å²) in [5.74, 6) is 0.0402. The maximum atomic E-state index is 13.1.